The van der Waals surface area contributed by atoms with Crippen molar-refractivity contribution >= 4 is 25.4 Å². The first-order valence-corrected chi connectivity index (χ1v) is 11.8. The molecule has 5 nitrogen and oxygen atoms in total. The molecule has 0 spiro atoms. The second-order valence-corrected chi connectivity index (χ2v) is 10.8. The SMILES string of the molecule is CS(=O)(=O)c1ccc(NCC2(c3ccccc3F)CC2)c(S(C)(=O)=O)c1. The van der Waals surface area contributed by atoms with Gasteiger partial charge in [-0.3, -0.25) is 0 Å². The lowest BCUT2D eigenvalue weighted by Crippen LogP contribution is -2.22. The van der Waals surface area contributed by atoms with E-state index in [1.54, 1.807) is 18.2 Å². The molecule has 3 rings (SSSR count). The lowest BCUT2D eigenvalue weighted by molar-refractivity contribution is 0.578. The summed E-state index contributed by atoms with van der Waals surface area (Å²) in [5.74, 6) is -0.275. The maximum absolute atomic E-state index is 14.1. The molecule has 0 heterocycles. The number of hydrogen-bond donors (Lipinski definition) is 1. The van der Waals surface area contributed by atoms with E-state index < -0.39 is 19.7 Å². The Hall–Kier alpha value is -1.93. The summed E-state index contributed by atoms with van der Waals surface area (Å²) in [4.78, 5) is -0.136. The highest BCUT2D eigenvalue weighted by molar-refractivity contribution is 7.91. The number of benzene rings is 2. The van der Waals surface area contributed by atoms with Crippen molar-refractivity contribution in [2.75, 3.05) is 24.4 Å². The third-order valence-corrected chi connectivity index (χ3v) is 6.94. The van der Waals surface area contributed by atoms with E-state index in [0.29, 0.717) is 17.8 Å². The van der Waals surface area contributed by atoms with Crippen LogP contribution in [-0.4, -0.2) is 35.9 Å². The topological polar surface area (TPSA) is 80.3 Å². The number of anilines is 1. The molecule has 0 atom stereocenters. The van der Waals surface area contributed by atoms with Gasteiger partial charge in [0, 0.05) is 24.5 Å². The molecule has 0 saturated heterocycles. The van der Waals surface area contributed by atoms with Crippen molar-refractivity contribution in [3.8, 4) is 0 Å². The lowest BCUT2D eigenvalue weighted by atomic mass is 9.95. The Balaban J connectivity index is 1.92. The van der Waals surface area contributed by atoms with Crippen LogP contribution in [0.3, 0.4) is 0 Å². The van der Waals surface area contributed by atoms with Gasteiger partial charge in [-0.2, -0.15) is 0 Å². The van der Waals surface area contributed by atoms with E-state index in [4.69, 9.17) is 0 Å². The molecule has 1 aliphatic carbocycles. The van der Waals surface area contributed by atoms with Gasteiger partial charge in [-0.15, -0.1) is 0 Å². The van der Waals surface area contributed by atoms with Crippen molar-refractivity contribution in [1.82, 2.24) is 0 Å². The molecular formula is C18H20FNO4S2. The molecule has 0 aliphatic heterocycles. The smallest absolute Gasteiger partial charge is 0.177 e. The van der Waals surface area contributed by atoms with Gasteiger partial charge in [-0.25, -0.2) is 21.2 Å². The summed E-state index contributed by atoms with van der Waals surface area (Å²) in [6.45, 7) is 0.370. The fraction of sp³-hybridized carbons (Fsp3) is 0.333. The van der Waals surface area contributed by atoms with Crippen LogP contribution in [0.15, 0.2) is 52.3 Å². The number of rotatable bonds is 6. The third kappa shape index (κ3) is 3.76. The van der Waals surface area contributed by atoms with Gasteiger partial charge < -0.3 is 5.32 Å². The Labute approximate surface area is 153 Å². The highest BCUT2D eigenvalue weighted by Gasteiger charge is 2.45. The van der Waals surface area contributed by atoms with Crippen LogP contribution in [-0.2, 0) is 25.1 Å². The molecule has 2 aromatic carbocycles. The van der Waals surface area contributed by atoms with Gasteiger partial charge in [-0.05, 0) is 42.7 Å². The second kappa shape index (κ2) is 6.35. The largest absolute Gasteiger partial charge is 0.383 e. The molecule has 0 amide bonds. The molecule has 0 unspecified atom stereocenters. The van der Waals surface area contributed by atoms with Crippen molar-refractivity contribution in [1.29, 1.82) is 0 Å². The summed E-state index contributed by atoms with van der Waals surface area (Å²) in [5, 5.41) is 3.09. The van der Waals surface area contributed by atoms with Crippen molar-refractivity contribution < 1.29 is 21.2 Å². The molecule has 0 bridgehead atoms. The van der Waals surface area contributed by atoms with Crippen LogP contribution < -0.4 is 5.32 Å². The van der Waals surface area contributed by atoms with Crippen LogP contribution in [0.1, 0.15) is 18.4 Å². The summed E-state index contributed by atoms with van der Waals surface area (Å²) < 4.78 is 61.8. The van der Waals surface area contributed by atoms with Gasteiger partial charge in [0.25, 0.3) is 0 Å². The van der Waals surface area contributed by atoms with E-state index in [-0.39, 0.29) is 21.0 Å². The Morgan fingerprint density at radius 2 is 1.65 bits per heavy atom. The lowest BCUT2D eigenvalue weighted by Gasteiger charge is -2.19. The van der Waals surface area contributed by atoms with E-state index in [0.717, 1.165) is 31.4 Å². The van der Waals surface area contributed by atoms with Gasteiger partial charge in [0.1, 0.15) is 5.82 Å². The van der Waals surface area contributed by atoms with Crippen LogP contribution in [0.2, 0.25) is 0 Å². The third-order valence-electron chi connectivity index (χ3n) is 4.70. The van der Waals surface area contributed by atoms with Crippen LogP contribution in [0.4, 0.5) is 10.1 Å². The molecule has 140 valence electrons. The highest BCUT2D eigenvalue weighted by Crippen LogP contribution is 2.49. The number of nitrogens with one attached hydrogen (secondary N) is 1. The maximum Gasteiger partial charge on any atom is 0.177 e. The van der Waals surface area contributed by atoms with Crippen LogP contribution in [0, 0.1) is 5.82 Å². The summed E-state index contributed by atoms with van der Waals surface area (Å²) >= 11 is 0. The Bertz CT molecular complexity index is 1060. The van der Waals surface area contributed by atoms with Crippen LogP contribution in [0.25, 0.3) is 0 Å². The van der Waals surface area contributed by atoms with E-state index in [2.05, 4.69) is 5.32 Å². The Kier molecular flexibility index (Phi) is 4.60. The maximum atomic E-state index is 14.1. The molecule has 8 heteroatoms. The van der Waals surface area contributed by atoms with E-state index in [9.17, 15) is 21.2 Å². The number of hydrogen-bond acceptors (Lipinski definition) is 5. The zero-order valence-electron chi connectivity index (χ0n) is 14.5. The average Bonchev–Trinajstić information content (AvgIpc) is 3.32. The summed E-state index contributed by atoms with van der Waals surface area (Å²) in [6, 6.07) is 10.6. The molecule has 1 aliphatic rings. The van der Waals surface area contributed by atoms with Crippen molar-refractivity contribution in [2.24, 2.45) is 0 Å². The Morgan fingerprint density at radius 3 is 2.19 bits per heavy atom. The predicted molar refractivity (Wildman–Crippen MR) is 98.5 cm³/mol. The molecule has 1 saturated carbocycles. The summed E-state index contributed by atoms with van der Waals surface area (Å²) in [6.07, 6.45) is 3.66. The molecule has 0 aromatic heterocycles. The Morgan fingerprint density at radius 1 is 1.00 bits per heavy atom. The first kappa shape index (κ1) is 18.8. The zero-order valence-corrected chi connectivity index (χ0v) is 16.1. The summed E-state index contributed by atoms with van der Waals surface area (Å²) in [7, 11) is -7.16. The zero-order chi connectivity index (χ0) is 19.2. The second-order valence-electron chi connectivity index (χ2n) is 6.82. The molecule has 0 radical (unpaired) electrons. The van der Waals surface area contributed by atoms with Gasteiger partial charge in [0.05, 0.1) is 15.5 Å². The van der Waals surface area contributed by atoms with Gasteiger partial charge in [0.15, 0.2) is 19.7 Å². The van der Waals surface area contributed by atoms with Crippen molar-refractivity contribution in [3.05, 3.63) is 53.8 Å². The van der Waals surface area contributed by atoms with E-state index >= 15 is 0 Å². The number of sulfone groups is 2. The minimum Gasteiger partial charge on any atom is -0.383 e. The monoisotopic (exact) mass is 397 g/mol. The minimum atomic E-state index is -3.64. The molecule has 1 N–H and O–H groups in total. The quantitative estimate of drug-likeness (QED) is 0.811. The summed E-state index contributed by atoms with van der Waals surface area (Å²) in [5.41, 5.74) is 0.569. The molecule has 26 heavy (non-hydrogen) atoms. The highest BCUT2D eigenvalue weighted by atomic mass is 32.2. The first-order chi connectivity index (χ1) is 12.0. The van der Waals surface area contributed by atoms with E-state index in [1.165, 1.54) is 18.2 Å². The van der Waals surface area contributed by atoms with Gasteiger partial charge >= 0.3 is 0 Å². The normalized spacial score (nSPS) is 16.3. The van der Waals surface area contributed by atoms with E-state index in [1.807, 2.05) is 0 Å². The molecule has 1 fully saturated rings. The fourth-order valence-electron chi connectivity index (χ4n) is 3.03. The standard InChI is InChI=1S/C18H20FNO4S2/c1-25(21,22)13-7-8-16(17(11-13)26(2,23)24)20-12-18(9-10-18)14-5-3-4-6-15(14)19/h3-8,11,20H,9-10,12H2,1-2H3. The molecular weight excluding hydrogens is 377 g/mol. The molecule has 2 aromatic rings. The average molecular weight is 397 g/mol. The predicted octanol–water partition coefficient (Wildman–Crippen LogP) is 2.78. The van der Waals surface area contributed by atoms with Crippen molar-refractivity contribution in [3.63, 3.8) is 0 Å². The fourth-order valence-corrected chi connectivity index (χ4v) is 4.64. The van der Waals surface area contributed by atoms with Crippen LogP contribution >= 0.6 is 0 Å². The van der Waals surface area contributed by atoms with Gasteiger partial charge in [-0.1, -0.05) is 18.2 Å². The van der Waals surface area contributed by atoms with Crippen LogP contribution in [0.5, 0.6) is 0 Å². The minimum absolute atomic E-state index is 0.0567. The number of halogens is 1. The van der Waals surface area contributed by atoms with Crippen molar-refractivity contribution in [2.45, 2.75) is 28.0 Å². The van der Waals surface area contributed by atoms with Gasteiger partial charge in [0.2, 0.25) is 0 Å². The first-order valence-electron chi connectivity index (χ1n) is 8.06.